The van der Waals surface area contributed by atoms with Gasteiger partial charge in [-0.15, -0.1) is 0 Å². The van der Waals surface area contributed by atoms with E-state index in [-0.39, 0.29) is 16.7 Å². The monoisotopic (exact) mass is 883 g/mol. The third kappa shape index (κ3) is 6.79. The lowest BCUT2D eigenvalue weighted by atomic mass is 9.94. The van der Waals surface area contributed by atoms with Gasteiger partial charge in [0.1, 0.15) is 0 Å². The van der Waals surface area contributed by atoms with E-state index in [1.807, 2.05) is 122 Å². The molecule has 0 aliphatic carbocycles. The van der Waals surface area contributed by atoms with Gasteiger partial charge in [0.25, 0.3) is 0 Å². The minimum Gasteiger partial charge on any atom is -0.307 e. The lowest BCUT2D eigenvalue weighted by molar-refractivity contribution is -0.137. The summed E-state index contributed by atoms with van der Waals surface area (Å²) in [6.45, 7) is 0. The van der Waals surface area contributed by atoms with Gasteiger partial charge in [-0.3, -0.25) is 9.97 Å². The quantitative estimate of drug-likeness (QED) is 0.160. The molecule has 0 saturated heterocycles. The standard InChI is InChI=1S/C60H36F3N5/c61-60(62,63)51-20-10-7-17-45(51)48-34-59(68-55-22-12-9-19-47(55)50-32-41(26-30-57(50)68)43-24-28-53(66-37-43)39-15-5-2-6-16-39)58(33-44(48)35-64)67-54-21-11-8-18-46(54)49-31-40(25-29-56(49)67)42-23-27-52(65-36-42)38-13-3-1-4-14-38/h1-34,36-37H. The molecule has 68 heavy (non-hydrogen) atoms. The maximum atomic E-state index is 14.9. The number of halogens is 3. The average Bonchev–Trinajstić information content (AvgIpc) is 3.90. The van der Waals surface area contributed by atoms with Gasteiger partial charge < -0.3 is 9.13 Å². The summed E-state index contributed by atoms with van der Waals surface area (Å²) in [5, 5.41) is 14.8. The van der Waals surface area contributed by atoms with E-state index < -0.39 is 11.7 Å². The molecule has 0 aliphatic rings. The summed E-state index contributed by atoms with van der Waals surface area (Å²) < 4.78 is 48.8. The van der Waals surface area contributed by atoms with Gasteiger partial charge >= 0.3 is 6.18 Å². The summed E-state index contributed by atoms with van der Waals surface area (Å²) in [6, 6.07) is 68.3. The van der Waals surface area contributed by atoms with Crippen LogP contribution in [0.5, 0.6) is 0 Å². The van der Waals surface area contributed by atoms with E-state index in [9.17, 15) is 18.4 Å². The number of aromatic nitrogens is 4. The number of benzene rings is 8. The van der Waals surface area contributed by atoms with Gasteiger partial charge in [-0.25, -0.2) is 0 Å². The van der Waals surface area contributed by atoms with Gasteiger partial charge in [-0.05, 0) is 83.4 Å². The van der Waals surface area contributed by atoms with Crippen LogP contribution in [0.1, 0.15) is 11.1 Å². The van der Waals surface area contributed by atoms with Crippen LogP contribution in [-0.4, -0.2) is 19.1 Å². The zero-order valence-electron chi connectivity index (χ0n) is 36.2. The minimum atomic E-state index is -4.67. The highest BCUT2D eigenvalue weighted by molar-refractivity contribution is 6.13. The number of nitrogens with zero attached hydrogens (tertiary/aromatic N) is 5. The lowest BCUT2D eigenvalue weighted by Crippen LogP contribution is -2.09. The lowest BCUT2D eigenvalue weighted by Gasteiger charge is -2.21. The Kier molecular flexibility index (Phi) is 9.59. The highest BCUT2D eigenvalue weighted by Gasteiger charge is 2.34. The second kappa shape index (κ2) is 16.1. The fraction of sp³-hybridized carbons (Fsp3) is 0.0167. The van der Waals surface area contributed by atoms with Gasteiger partial charge in [0.05, 0.1) is 62.0 Å². The number of alkyl halides is 3. The summed E-state index contributed by atoms with van der Waals surface area (Å²) in [6.07, 6.45) is -0.890. The van der Waals surface area contributed by atoms with Gasteiger partial charge in [0.15, 0.2) is 0 Å². The molecule has 8 heteroatoms. The average molecular weight is 884 g/mol. The van der Waals surface area contributed by atoms with Crippen molar-refractivity contribution in [3.05, 3.63) is 230 Å². The zero-order valence-corrected chi connectivity index (χ0v) is 36.2. The molecular formula is C60H36F3N5. The van der Waals surface area contributed by atoms with Crippen molar-refractivity contribution in [1.82, 2.24) is 19.1 Å². The molecule has 4 heterocycles. The summed E-state index contributed by atoms with van der Waals surface area (Å²) in [5.41, 5.74) is 11.8. The molecule has 8 aromatic carbocycles. The Bertz CT molecular complexity index is 3940. The number of fused-ring (bicyclic) bond motifs is 6. The van der Waals surface area contributed by atoms with Crippen molar-refractivity contribution in [3.8, 4) is 73.3 Å². The maximum Gasteiger partial charge on any atom is 0.417 e. The second-order valence-electron chi connectivity index (χ2n) is 16.8. The predicted octanol–water partition coefficient (Wildman–Crippen LogP) is 15.9. The highest BCUT2D eigenvalue weighted by atomic mass is 19.4. The van der Waals surface area contributed by atoms with Crippen LogP contribution in [-0.2, 0) is 6.18 Å². The van der Waals surface area contributed by atoms with Gasteiger partial charge in [-0.2, -0.15) is 18.4 Å². The molecule has 0 fully saturated rings. The molecule has 12 rings (SSSR count). The number of hydrogen-bond donors (Lipinski definition) is 0. The van der Waals surface area contributed by atoms with Crippen LogP contribution in [0.2, 0.25) is 0 Å². The Morgan fingerprint density at radius 3 is 1.31 bits per heavy atom. The van der Waals surface area contributed by atoms with Crippen LogP contribution >= 0.6 is 0 Å². The molecule has 0 amide bonds. The molecule has 5 nitrogen and oxygen atoms in total. The van der Waals surface area contributed by atoms with Crippen LogP contribution in [0.15, 0.2) is 219 Å². The first kappa shape index (κ1) is 40.4. The largest absolute Gasteiger partial charge is 0.417 e. The van der Waals surface area contributed by atoms with Crippen LogP contribution in [0, 0.1) is 11.3 Å². The summed E-state index contributed by atoms with van der Waals surface area (Å²) in [4.78, 5) is 9.62. The van der Waals surface area contributed by atoms with Gasteiger partial charge in [0, 0.05) is 61.8 Å². The zero-order chi connectivity index (χ0) is 45.9. The second-order valence-corrected chi connectivity index (χ2v) is 16.8. The normalized spacial score (nSPS) is 11.7. The highest BCUT2D eigenvalue weighted by Crippen LogP contribution is 2.45. The predicted molar refractivity (Wildman–Crippen MR) is 268 cm³/mol. The van der Waals surface area contributed by atoms with Crippen molar-refractivity contribution in [2.24, 2.45) is 0 Å². The molecule has 0 radical (unpaired) electrons. The maximum absolute atomic E-state index is 14.9. The van der Waals surface area contributed by atoms with Crippen LogP contribution in [0.4, 0.5) is 13.2 Å². The Morgan fingerprint density at radius 2 is 0.824 bits per heavy atom. The molecule has 0 saturated carbocycles. The van der Waals surface area contributed by atoms with Crippen LogP contribution in [0.3, 0.4) is 0 Å². The third-order valence-electron chi connectivity index (χ3n) is 12.9. The molecule has 0 bridgehead atoms. The van der Waals surface area contributed by atoms with Crippen molar-refractivity contribution >= 4 is 43.6 Å². The Balaban J connectivity index is 1.10. The Hall–Kier alpha value is -9.06. The molecule has 0 aliphatic heterocycles. The Morgan fingerprint density at radius 1 is 0.382 bits per heavy atom. The molecule has 0 spiro atoms. The van der Waals surface area contributed by atoms with Crippen molar-refractivity contribution in [2.75, 3.05) is 0 Å². The van der Waals surface area contributed by atoms with Gasteiger partial charge in [-0.1, -0.05) is 140 Å². The third-order valence-corrected chi connectivity index (χ3v) is 12.9. The topological polar surface area (TPSA) is 59.4 Å². The molecule has 12 aromatic rings. The van der Waals surface area contributed by atoms with Crippen LogP contribution < -0.4 is 0 Å². The first-order chi connectivity index (χ1) is 33.3. The van der Waals surface area contributed by atoms with E-state index in [4.69, 9.17) is 9.97 Å². The number of pyridine rings is 2. The molecule has 4 aromatic heterocycles. The molecular weight excluding hydrogens is 848 g/mol. The summed E-state index contributed by atoms with van der Waals surface area (Å²) in [7, 11) is 0. The van der Waals surface area contributed by atoms with E-state index in [1.54, 1.807) is 18.2 Å². The van der Waals surface area contributed by atoms with Crippen molar-refractivity contribution in [2.45, 2.75) is 6.18 Å². The van der Waals surface area contributed by atoms with E-state index in [0.717, 1.165) is 94.4 Å². The first-order valence-electron chi connectivity index (χ1n) is 22.2. The molecule has 322 valence electrons. The molecule has 0 atom stereocenters. The fourth-order valence-electron chi connectivity index (χ4n) is 9.73. The van der Waals surface area contributed by atoms with Crippen molar-refractivity contribution in [1.29, 1.82) is 5.26 Å². The van der Waals surface area contributed by atoms with E-state index in [1.165, 1.54) is 12.1 Å². The molecule has 0 N–H and O–H groups in total. The summed E-state index contributed by atoms with van der Waals surface area (Å²) in [5.74, 6) is 0. The SMILES string of the molecule is N#Cc1cc(-n2c3ccccc3c3cc(-c4ccc(-c5ccccc5)nc4)ccc32)c(-n2c3ccccc3c3cc(-c4ccc(-c5ccccc5)nc4)ccc32)cc1-c1ccccc1C(F)(F)F. The minimum absolute atomic E-state index is 0.0717. The number of nitriles is 1. The number of hydrogen-bond acceptors (Lipinski definition) is 3. The Labute approximate surface area is 388 Å². The van der Waals surface area contributed by atoms with Crippen molar-refractivity contribution in [3.63, 3.8) is 0 Å². The first-order valence-corrected chi connectivity index (χ1v) is 22.2. The van der Waals surface area contributed by atoms with Crippen LogP contribution in [0.25, 0.3) is 111 Å². The number of para-hydroxylation sites is 2. The fourth-order valence-corrected chi connectivity index (χ4v) is 9.73. The number of rotatable bonds is 7. The van der Waals surface area contributed by atoms with Crippen molar-refractivity contribution < 1.29 is 13.2 Å². The van der Waals surface area contributed by atoms with Gasteiger partial charge in [0.2, 0.25) is 0 Å². The molecule has 0 unspecified atom stereocenters. The smallest absolute Gasteiger partial charge is 0.307 e. The van der Waals surface area contributed by atoms with E-state index in [2.05, 4.69) is 75.9 Å². The summed E-state index contributed by atoms with van der Waals surface area (Å²) >= 11 is 0. The van der Waals surface area contributed by atoms with E-state index in [0.29, 0.717) is 11.4 Å². The van der Waals surface area contributed by atoms with E-state index >= 15 is 0 Å².